The van der Waals surface area contributed by atoms with Gasteiger partial charge in [-0.1, -0.05) is 30.3 Å². The lowest BCUT2D eigenvalue weighted by Gasteiger charge is -2.26. The number of methoxy groups -OCH3 is 1. The van der Waals surface area contributed by atoms with Gasteiger partial charge in [0.25, 0.3) is 0 Å². The third-order valence-electron chi connectivity index (χ3n) is 3.13. The maximum atomic E-state index is 11.9. The van der Waals surface area contributed by atoms with E-state index in [-0.39, 0.29) is 5.91 Å². The fraction of sp³-hybridized carbons (Fsp3) is 0.385. The molecule has 2 rings (SSSR count). The predicted molar refractivity (Wildman–Crippen MR) is 65.5 cm³/mol. The van der Waals surface area contributed by atoms with Crippen LogP contribution in [0.5, 0.6) is 0 Å². The van der Waals surface area contributed by atoms with Crippen LogP contribution in [0.25, 0.3) is 0 Å². The van der Waals surface area contributed by atoms with Crippen molar-refractivity contribution in [2.45, 2.75) is 18.5 Å². The minimum Gasteiger partial charge on any atom is -0.467 e. The minimum absolute atomic E-state index is 0.200. The van der Waals surface area contributed by atoms with Gasteiger partial charge in [-0.15, -0.1) is 0 Å². The number of esters is 1. The van der Waals surface area contributed by atoms with Crippen LogP contribution in [0.4, 0.5) is 0 Å². The van der Waals surface area contributed by atoms with E-state index in [0.29, 0.717) is 13.0 Å². The zero-order chi connectivity index (χ0) is 13.1. The first-order valence-corrected chi connectivity index (χ1v) is 5.84. The van der Waals surface area contributed by atoms with Crippen LogP contribution in [0, 0.1) is 0 Å². The van der Waals surface area contributed by atoms with Crippen molar-refractivity contribution in [3.05, 3.63) is 35.9 Å². The lowest BCUT2D eigenvalue weighted by molar-refractivity contribution is -0.151. The third kappa shape index (κ3) is 2.22. The summed E-state index contributed by atoms with van der Waals surface area (Å²) in [5.74, 6) is -0.641. The molecular formula is C13H16N2O3. The molecule has 5 heteroatoms. The molecule has 0 spiro atoms. The summed E-state index contributed by atoms with van der Waals surface area (Å²) >= 11 is 0. The summed E-state index contributed by atoms with van der Waals surface area (Å²) in [4.78, 5) is 25.3. The zero-order valence-electron chi connectivity index (χ0n) is 10.2. The van der Waals surface area contributed by atoms with Gasteiger partial charge in [-0.05, 0) is 12.0 Å². The fourth-order valence-electron chi connectivity index (χ4n) is 2.17. The second-order valence-corrected chi connectivity index (χ2v) is 4.26. The summed E-state index contributed by atoms with van der Waals surface area (Å²) < 4.78 is 4.79. The summed E-state index contributed by atoms with van der Waals surface area (Å²) in [6.45, 7) is 0.481. The molecule has 0 aromatic heterocycles. The summed E-state index contributed by atoms with van der Waals surface area (Å²) in [6, 6.07) is 7.91. The van der Waals surface area contributed by atoms with Crippen LogP contribution < -0.4 is 5.73 Å². The molecule has 1 amide bonds. The van der Waals surface area contributed by atoms with Crippen molar-refractivity contribution in [3.8, 4) is 0 Å². The quantitative estimate of drug-likeness (QED) is 0.789. The first-order valence-electron chi connectivity index (χ1n) is 5.84. The zero-order valence-corrected chi connectivity index (χ0v) is 10.2. The maximum absolute atomic E-state index is 11.9. The topological polar surface area (TPSA) is 72.6 Å². The highest BCUT2D eigenvalue weighted by atomic mass is 16.5. The Morgan fingerprint density at radius 2 is 2.11 bits per heavy atom. The van der Waals surface area contributed by atoms with E-state index in [0.717, 1.165) is 5.56 Å². The van der Waals surface area contributed by atoms with Gasteiger partial charge in [0, 0.05) is 6.54 Å². The number of nitrogens with zero attached hydrogens (tertiary/aromatic N) is 1. The standard InChI is InChI=1S/C13H16N2O3/c1-18-13(17)11(9-5-3-2-4-6-9)15-8-7-10(14)12(15)16/h2-6,10-11H,7-8,14H2,1H3. The molecule has 2 atom stereocenters. The second-order valence-electron chi connectivity index (χ2n) is 4.26. The maximum Gasteiger partial charge on any atom is 0.333 e. The number of carbonyl (C=O) groups excluding carboxylic acids is 2. The first-order chi connectivity index (χ1) is 8.65. The largest absolute Gasteiger partial charge is 0.467 e. The van der Waals surface area contributed by atoms with Gasteiger partial charge >= 0.3 is 5.97 Å². The van der Waals surface area contributed by atoms with E-state index in [1.807, 2.05) is 18.2 Å². The van der Waals surface area contributed by atoms with E-state index >= 15 is 0 Å². The van der Waals surface area contributed by atoms with Crippen molar-refractivity contribution in [1.82, 2.24) is 4.90 Å². The number of nitrogens with two attached hydrogens (primary N) is 1. The highest BCUT2D eigenvalue weighted by Gasteiger charge is 2.38. The molecular weight excluding hydrogens is 232 g/mol. The van der Waals surface area contributed by atoms with Crippen molar-refractivity contribution in [2.24, 2.45) is 5.73 Å². The van der Waals surface area contributed by atoms with Crippen molar-refractivity contribution in [3.63, 3.8) is 0 Å². The molecule has 0 saturated carbocycles. The van der Waals surface area contributed by atoms with Crippen molar-refractivity contribution in [1.29, 1.82) is 0 Å². The molecule has 1 aromatic carbocycles. The van der Waals surface area contributed by atoms with Gasteiger partial charge in [0.1, 0.15) is 0 Å². The molecule has 1 fully saturated rings. The van der Waals surface area contributed by atoms with Crippen molar-refractivity contribution < 1.29 is 14.3 Å². The normalized spacial score (nSPS) is 20.9. The Bertz CT molecular complexity index is 447. The number of benzene rings is 1. The molecule has 1 aliphatic heterocycles. The van der Waals surface area contributed by atoms with Gasteiger partial charge in [-0.25, -0.2) is 4.79 Å². The molecule has 1 aromatic rings. The van der Waals surface area contributed by atoms with Crippen LogP contribution in [0.15, 0.2) is 30.3 Å². The molecule has 0 bridgehead atoms. The Morgan fingerprint density at radius 1 is 1.44 bits per heavy atom. The molecule has 1 saturated heterocycles. The third-order valence-corrected chi connectivity index (χ3v) is 3.13. The van der Waals surface area contributed by atoms with Crippen LogP contribution >= 0.6 is 0 Å². The van der Waals surface area contributed by atoms with Crippen LogP contribution in [0.2, 0.25) is 0 Å². The minimum atomic E-state index is -0.697. The van der Waals surface area contributed by atoms with E-state index in [4.69, 9.17) is 10.5 Å². The van der Waals surface area contributed by atoms with Gasteiger partial charge in [0.2, 0.25) is 5.91 Å². The Balaban J connectivity index is 2.32. The van der Waals surface area contributed by atoms with Crippen molar-refractivity contribution >= 4 is 11.9 Å². The number of carbonyl (C=O) groups is 2. The molecule has 96 valence electrons. The fourth-order valence-corrected chi connectivity index (χ4v) is 2.17. The van der Waals surface area contributed by atoms with E-state index in [1.165, 1.54) is 12.0 Å². The lowest BCUT2D eigenvalue weighted by Crippen LogP contribution is -2.40. The van der Waals surface area contributed by atoms with Gasteiger partial charge in [-0.2, -0.15) is 0 Å². The summed E-state index contributed by atoms with van der Waals surface area (Å²) in [5.41, 5.74) is 6.43. The van der Waals surface area contributed by atoms with E-state index in [1.54, 1.807) is 12.1 Å². The van der Waals surface area contributed by atoms with Crippen LogP contribution in [-0.4, -0.2) is 36.5 Å². The van der Waals surface area contributed by atoms with Gasteiger partial charge in [0.15, 0.2) is 6.04 Å². The van der Waals surface area contributed by atoms with Crippen LogP contribution in [0.3, 0.4) is 0 Å². The Kier molecular flexibility index (Phi) is 3.62. The Morgan fingerprint density at radius 3 is 2.61 bits per heavy atom. The highest BCUT2D eigenvalue weighted by molar-refractivity contribution is 5.89. The smallest absolute Gasteiger partial charge is 0.333 e. The summed E-state index contributed by atoms with van der Waals surface area (Å²) in [6.07, 6.45) is 0.569. The van der Waals surface area contributed by atoms with Crippen molar-refractivity contribution in [2.75, 3.05) is 13.7 Å². The molecule has 2 unspecified atom stereocenters. The average Bonchev–Trinajstić information content (AvgIpc) is 2.72. The number of ether oxygens (including phenoxy) is 1. The van der Waals surface area contributed by atoms with Gasteiger partial charge < -0.3 is 15.4 Å². The monoisotopic (exact) mass is 248 g/mol. The summed E-state index contributed by atoms with van der Waals surface area (Å²) in [7, 11) is 1.32. The molecule has 0 radical (unpaired) electrons. The molecule has 1 aliphatic rings. The molecule has 1 heterocycles. The average molecular weight is 248 g/mol. The van der Waals surface area contributed by atoms with Gasteiger partial charge in [0.05, 0.1) is 13.2 Å². The molecule has 18 heavy (non-hydrogen) atoms. The van der Waals surface area contributed by atoms with E-state index in [9.17, 15) is 9.59 Å². The SMILES string of the molecule is COC(=O)C(c1ccccc1)N1CCC(N)C1=O. The Labute approximate surface area is 106 Å². The number of rotatable bonds is 3. The van der Waals surface area contributed by atoms with Crippen LogP contribution in [-0.2, 0) is 14.3 Å². The number of amides is 1. The molecule has 2 N–H and O–H groups in total. The highest BCUT2D eigenvalue weighted by Crippen LogP contribution is 2.26. The predicted octanol–water partition coefficient (Wildman–Crippen LogP) is 0.460. The van der Waals surface area contributed by atoms with E-state index in [2.05, 4.69) is 0 Å². The first kappa shape index (κ1) is 12.6. The Hall–Kier alpha value is -1.88. The number of likely N-dealkylation sites (tertiary alicyclic amines) is 1. The van der Waals surface area contributed by atoms with Gasteiger partial charge in [-0.3, -0.25) is 4.79 Å². The second kappa shape index (κ2) is 5.18. The lowest BCUT2D eigenvalue weighted by atomic mass is 10.1. The number of hydrogen-bond donors (Lipinski definition) is 1. The van der Waals surface area contributed by atoms with E-state index < -0.39 is 18.1 Å². The number of hydrogen-bond acceptors (Lipinski definition) is 4. The van der Waals surface area contributed by atoms with Crippen LogP contribution in [0.1, 0.15) is 18.0 Å². The molecule has 5 nitrogen and oxygen atoms in total. The molecule has 0 aliphatic carbocycles. The summed E-state index contributed by atoms with van der Waals surface area (Å²) in [5, 5.41) is 0.